The minimum Gasteiger partial charge on any atom is -0.299 e. The van der Waals surface area contributed by atoms with Crippen molar-refractivity contribution < 1.29 is 10.0 Å². The Bertz CT molecular complexity index is 695. The van der Waals surface area contributed by atoms with E-state index in [9.17, 15) is 4.79 Å². The maximum atomic E-state index is 11.0. The van der Waals surface area contributed by atoms with Crippen LogP contribution in [0.2, 0.25) is 5.02 Å². The lowest BCUT2D eigenvalue weighted by molar-refractivity contribution is -0.129. The number of fused-ring (bicyclic) bond motifs is 1. The van der Waals surface area contributed by atoms with E-state index in [4.69, 9.17) is 16.8 Å². The number of benzene rings is 1. The third kappa shape index (κ3) is 4.48. The largest absolute Gasteiger partial charge is 0.299 e. The third-order valence-corrected chi connectivity index (χ3v) is 6.11. The minimum absolute atomic E-state index is 0.282. The fourth-order valence-corrected chi connectivity index (χ4v) is 4.56. The molecule has 24 heavy (non-hydrogen) atoms. The Morgan fingerprint density at radius 1 is 1.38 bits per heavy atom. The number of hydrogen-bond donors (Lipinski definition) is 2. The van der Waals surface area contributed by atoms with Gasteiger partial charge in [0.2, 0.25) is 5.91 Å². The fourth-order valence-electron chi connectivity index (χ4n) is 3.46. The molecule has 1 saturated heterocycles. The van der Waals surface area contributed by atoms with E-state index in [1.165, 1.54) is 28.5 Å². The van der Waals surface area contributed by atoms with Crippen molar-refractivity contribution in [2.45, 2.75) is 38.6 Å². The lowest BCUT2D eigenvalue weighted by atomic mass is 9.91. The summed E-state index contributed by atoms with van der Waals surface area (Å²) in [4.78, 5) is 13.5. The Hall–Kier alpha value is -1.14. The zero-order chi connectivity index (χ0) is 16.9. The van der Waals surface area contributed by atoms with E-state index < -0.39 is 0 Å². The fraction of sp³-hybridized carbons (Fsp3) is 0.500. The Labute approximate surface area is 151 Å². The third-order valence-electron chi connectivity index (χ3n) is 4.86. The Kier molecular flexibility index (Phi) is 6.11. The molecular formula is C18H23ClN2O2S. The molecule has 6 heteroatoms. The van der Waals surface area contributed by atoms with Crippen molar-refractivity contribution >= 4 is 38.9 Å². The highest BCUT2D eigenvalue weighted by Gasteiger charge is 2.20. The number of hydroxylamine groups is 1. The second-order valence-electron chi connectivity index (χ2n) is 6.55. The van der Waals surface area contributed by atoms with Crippen LogP contribution in [0.4, 0.5) is 0 Å². The first kappa shape index (κ1) is 17.7. The minimum atomic E-state index is -0.282. The predicted molar refractivity (Wildman–Crippen MR) is 98.6 cm³/mol. The lowest BCUT2D eigenvalue weighted by Crippen LogP contribution is -2.33. The van der Waals surface area contributed by atoms with Gasteiger partial charge in [0, 0.05) is 22.7 Å². The Morgan fingerprint density at radius 3 is 2.92 bits per heavy atom. The summed E-state index contributed by atoms with van der Waals surface area (Å²) in [5.41, 5.74) is 3.07. The first-order chi connectivity index (χ1) is 11.7. The van der Waals surface area contributed by atoms with E-state index in [2.05, 4.69) is 22.4 Å². The Morgan fingerprint density at radius 2 is 2.17 bits per heavy atom. The van der Waals surface area contributed by atoms with E-state index in [1.807, 2.05) is 6.07 Å². The van der Waals surface area contributed by atoms with Gasteiger partial charge in [-0.3, -0.25) is 14.9 Å². The van der Waals surface area contributed by atoms with Crippen LogP contribution in [0.5, 0.6) is 0 Å². The van der Waals surface area contributed by atoms with Crippen molar-refractivity contribution in [3.63, 3.8) is 0 Å². The van der Waals surface area contributed by atoms with Crippen LogP contribution in [-0.4, -0.2) is 29.1 Å². The number of thiophene rings is 1. The molecule has 2 heterocycles. The molecule has 0 saturated carbocycles. The van der Waals surface area contributed by atoms with E-state index in [0.29, 0.717) is 12.3 Å². The quantitative estimate of drug-likeness (QED) is 0.587. The summed E-state index contributed by atoms with van der Waals surface area (Å²) >= 11 is 7.92. The molecule has 0 unspecified atom stereocenters. The van der Waals surface area contributed by atoms with Gasteiger partial charge in [-0.05, 0) is 79.2 Å². The highest BCUT2D eigenvalue weighted by Crippen LogP contribution is 2.31. The van der Waals surface area contributed by atoms with Crippen molar-refractivity contribution in [2.24, 2.45) is 5.92 Å². The topological polar surface area (TPSA) is 52.6 Å². The number of nitrogens with one attached hydrogen (secondary N) is 1. The number of halogens is 1. The van der Waals surface area contributed by atoms with Crippen LogP contribution in [0, 0.1) is 5.92 Å². The number of piperidine rings is 1. The van der Waals surface area contributed by atoms with E-state index in [-0.39, 0.29) is 5.91 Å². The van der Waals surface area contributed by atoms with E-state index >= 15 is 0 Å². The molecule has 0 radical (unpaired) electrons. The van der Waals surface area contributed by atoms with Crippen LogP contribution >= 0.6 is 22.9 Å². The lowest BCUT2D eigenvalue weighted by Gasteiger charge is -2.31. The molecule has 2 aromatic rings. The van der Waals surface area contributed by atoms with Crippen LogP contribution < -0.4 is 5.48 Å². The summed E-state index contributed by atoms with van der Waals surface area (Å²) in [6.07, 6.45) is 4.70. The summed E-state index contributed by atoms with van der Waals surface area (Å²) in [6, 6.07) is 6.12. The van der Waals surface area contributed by atoms with Gasteiger partial charge < -0.3 is 0 Å². The van der Waals surface area contributed by atoms with Crippen molar-refractivity contribution in [1.82, 2.24) is 10.4 Å². The number of carbonyl (C=O) groups is 1. The summed E-state index contributed by atoms with van der Waals surface area (Å²) in [6.45, 7) is 3.20. The second-order valence-corrected chi connectivity index (χ2v) is 7.90. The molecule has 1 aliphatic heterocycles. The van der Waals surface area contributed by atoms with Crippen molar-refractivity contribution in [3.05, 3.63) is 34.2 Å². The maximum Gasteiger partial charge on any atom is 0.243 e. The van der Waals surface area contributed by atoms with Crippen molar-refractivity contribution in [2.75, 3.05) is 13.1 Å². The molecule has 4 nitrogen and oxygen atoms in total. The van der Waals surface area contributed by atoms with Crippen LogP contribution in [0.1, 0.15) is 37.7 Å². The van der Waals surface area contributed by atoms with Gasteiger partial charge in [0.05, 0.1) is 0 Å². The highest BCUT2D eigenvalue weighted by molar-refractivity contribution is 7.17. The zero-order valence-electron chi connectivity index (χ0n) is 13.6. The predicted octanol–water partition coefficient (Wildman–Crippen LogP) is 4.44. The van der Waals surface area contributed by atoms with Crippen LogP contribution in [-0.2, 0) is 11.3 Å². The molecule has 1 amide bonds. The molecule has 1 fully saturated rings. The molecule has 1 aromatic carbocycles. The normalized spacial score (nSPS) is 16.6. The van der Waals surface area contributed by atoms with Crippen molar-refractivity contribution in [3.8, 4) is 0 Å². The Balaban J connectivity index is 1.48. The molecule has 0 aliphatic carbocycles. The van der Waals surface area contributed by atoms with Crippen LogP contribution in [0.15, 0.2) is 23.6 Å². The number of likely N-dealkylation sites (tertiary alicyclic amines) is 1. The molecule has 0 atom stereocenters. The molecule has 130 valence electrons. The summed E-state index contributed by atoms with van der Waals surface area (Å²) in [5.74, 6) is 0.414. The van der Waals surface area contributed by atoms with Crippen LogP contribution in [0.25, 0.3) is 10.1 Å². The molecule has 1 aliphatic rings. The molecule has 0 bridgehead atoms. The molecule has 3 rings (SSSR count). The first-order valence-corrected chi connectivity index (χ1v) is 9.72. The van der Waals surface area contributed by atoms with Gasteiger partial charge in [-0.1, -0.05) is 11.6 Å². The van der Waals surface area contributed by atoms with Gasteiger partial charge in [0.15, 0.2) is 0 Å². The first-order valence-electron chi connectivity index (χ1n) is 8.46. The summed E-state index contributed by atoms with van der Waals surface area (Å²) < 4.78 is 1.30. The SMILES string of the molecule is O=C(CCCC1CCN(Cc2csc3ccc(Cl)cc23)CC1)NO. The van der Waals surface area contributed by atoms with Gasteiger partial charge in [0.25, 0.3) is 0 Å². The number of hydrogen-bond acceptors (Lipinski definition) is 4. The van der Waals surface area contributed by atoms with Crippen LogP contribution in [0.3, 0.4) is 0 Å². The smallest absolute Gasteiger partial charge is 0.243 e. The average molecular weight is 367 g/mol. The van der Waals surface area contributed by atoms with Gasteiger partial charge in [-0.15, -0.1) is 11.3 Å². The molecule has 1 aromatic heterocycles. The van der Waals surface area contributed by atoms with Gasteiger partial charge in [-0.2, -0.15) is 0 Å². The van der Waals surface area contributed by atoms with Crippen molar-refractivity contribution in [1.29, 1.82) is 0 Å². The zero-order valence-corrected chi connectivity index (χ0v) is 15.2. The summed E-state index contributed by atoms with van der Waals surface area (Å²) in [7, 11) is 0. The standard InChI is InChI=1S/C18H23ClN2O2S/c19-15-4-5-17-16(10-15)14(12-24-17)11-21-8-6-13(7-9-21)2-1-3-18(22)20-23/h4-5,10,12-13,23H,1-3,6-9,11H2,(H,20,22). The average Bonchev–Trinajstić information content (AvgIpc) is 2.98. The second kappa shape index (κ2) is 8.30. The maximum absolute atomic E-state index is 11.0. The van der Waals surface area contributed by atoms with E-state index in [1.54, 1.807) is 16.8 Å². The molecular weight excluding hydrogens is 344 g/mol. The molecule has 2 N–H and O–H groups in total. The summed E-state index contributed by atoms with van der Waals surface area (Å²) in [5, 5.41) is 12.8. The number of carbonyl (C=O) groups excluding carboxylic acids is 1. The monoisotopic (exact) mass is 366 g/mol. The number of rotatable bonds is 6. The van der Waals surface area contributed by atoms with Gasteiger partial charge >= 0.3 is 0 Å². The van der Waals surface area contributed by atoms with Gasteiger partial charge in [-0.25, -0.2) is 5.48 Å². The highest BCUT2D eigenvalue weighted by atomic mass is 35.5. The number of nitrogens with zero attached hydrogens (tertiary/aromatic N) is 1. The van der Waals surface area contributed by atoms with E-state index in [0.717, 1.165) is 37.5 Å². The molecule has 0 spiro atoms. The number of amides is 1. The van der Waals surface area contributed by atoms with Gasteiger partial charge in [0.1, 0.15) is 0 Å².